The van der Waals surface area contributed by atoms with E-state index in [0.717, 1.165) is 81.6 Å². The van der Waals surface area contributed by atoms with Crippen molar-refractivity contribution in [3.63, 3.8) is 0 Å². The quantitative estimate of drug-likeness (QED) is 0.208. The molecule has 3 fully saturated rings. The molecule has 55 heavy (non-hydrogen) atoms. The number of likely N-dealkylation sites (tertiary alicyclic amines) is 2. The smallest absolute Gasteiger partial charge is 0.219 e. The Labute approximate surface area is 326 Å². The van der Waals surface area contributed by atoms with E-state index in [-0.39, 0.29) is 29.3 Å². The third-order valence-electron chi connectivity index (χ3n) is 12.7. The number of ether oxygens (including phenoxy) is 2. The van der Waals surface area contributed by atoms with Crippen molar-refractivity contribution in [3.05, 3.63) is 81.6 Å². The molecule has 0 bridgehead atoms. The third-order valence-corrected chi connectivity index (χ3v) is 13.1. The van der Waals surface area contributed by atoms with Crippen molar-refractivity contribution < 1.29 is 23.5 Å². The predicted molar refractivity (Wildman–Crippen MR) is 209 cm³/mol. The summed E-state index contributed by atoms with van der Waals surface area (Å²) in [5.74, 6) is 0.969. The van der Waals surface area contributed by atoms with Gasteiger partial charge in [0.1, 0.15) is 5.82 Å². The maximum atomic E-state index is 16.8. The highest BCUT2D eigenvalue weighted by Crippen LogP contribution is 2.50. The minimum atomic E-state index is -0.404. The number of aromatic nitrogens is 2. The Kier molecular flexibility index (Phi) is 9.09. The molecule has 9 rings (SSSR count). The van der Waals surface area contributed by atoms with E-state index in [1.807, 2.05) is 40.1 Å². The molecule has 2 aromatic carbocycles. The van der Waals surface area contributed by atoms with Gasteiger partial charge < -0.3 is 19.3 Å². The van der Waals surface area contributed by atoms with E-state index in [2.05, 4.69) is 15.9 Å². The van der Waals surface area contributed by atoms with Gasteiger partial charge in [-0.3, -0.25) is 19.4 Å². The highest BCUT2D eigenvalue weighted by atomic mass is 35.5. The topological polar surface area (TPSA) is 91.3 Å². The lowest BCUT2D eigenvalue weighted by Crippen LogP contribution is -2.72. The van der Waals surface area contributed by atoms with Gasteiger partial charge >= 0.3 is 0 Å². The molecule has 2 aliphatic carbocycles. The van der Waals surface area contributed by atoms with Crippen molar-refractivity contribution in [3.8, 4) is 45.4 Å². The van der Waals surface area contributed by atoms with Gasteiger partial charge in [0, 0.05) is 117 Å². The van der Waals surface area contributed by atoms with E-state index in [0.29, 0.717) is 63.5 Å². The first-order valence-electron chi connectivity index (χ1n) is 19.3. The van der Waals surface area contributed by atoms with E-state index in [1.165, 1.54) is 5.56 Å². The predicted octanol–water partition coefficient (Wildman–Crippen LogP) is 6.59. The standard InChI is InChI=1S/C43H46ClFN6O4/c1-25(52)48-15-17-49(18-16-48)35-13-11-28-20-34(47-41(54-3)37(28)35)32-10-6-8-30(40(32)45)29-7-5-9-31(39(29)44)33-19-27-12-14-36(38(27)42(46-33)55-4)51-23-43(24-51)21-50(22-43)26(2)53/h5-10,19-20,35-36H,11-18,21-24H2,1-4H3/t35-,36+/m1/s1. The molecule has 2 aromatic heterocycles. The summed E-state index contributed by atoms with van der Waals surface area (Å²) in [5.41, 5.74) is 7.97. The summed E-state index contributed by atoms with van der Waals surface area (Å²) in [4.78, 5) is 42.3. The molecule has 10 nitrogen and oxygen atoms in total. The highest BCUT2D eigenvalue weighted by Gasteiger charge is 2.55. The van der Waals surface area contributed by atoms with Gasteiger partial charge in [-0.05, 0) is 55.0 Å². The molecular formula is C43H46ClFN6O4. The number of amides is 2. The highest BCUT2D eigenvalue weighted by molar-refractivity contribution is 6.36. The lowest BCUT2D eigenvalue weighted by Gasteiger charge is -2.61. The Balaban J connectivity index is 0.988. The Morgan fingerprint density at radius 3 is 1.78 bits per heavy atom. The molecule has 1 spiro atoms. The number of methoxy groups -OCH3 is 2. The van der Waals surface area contributed by atoms with Gasteiger partial charge in [-0.15, -0.1) is 0 Å². The summed E-state index contributed by atoms with van der Waals surface area (Å²) >= 11 is 7.19. The molecule has 0 radical (unpaired) electrons. The largest absolute Gasteiger partial charge is 0.481 e. The van der Waals surface area contributed by atoms with E-state index in [4.69, 9.17) is 31.0 Å². The van der Waals surface area contributed by atoms with Crippen LogP contribution in [0, 0.1) is 11.2 Å². The molecule has 0 unspecified atom stereocenters. The number of carbonyl (C=O) groups excluding carboxylic acids is 2. The third kappa shape index (κ3) is 6.06. The number of hydrogen-bond acceptors (Lipinski definition) is 8. The number of hydrogen-bond donors (Lipinski definition) is 0. The van der Waals surface area contributed by atoms with Crippen LogP contribution >= 0.6 is 11.6 Å². The molecule has 2 amide bonds. The Bertz CT molecular complexity index is 2210. The normalized spacial score (nSPS) is 21.6. The van der Waals surface area contributed by atoms with Gasteiger partial charge in [-0.1, -0.05) is 41.9 Å². The van der Waals surface area contributed by atoms with Crippen LogP contribution in [-0.4, -0.2) is 108 Å². The Hall–Kier alpha value is -4.58. The second kappa shape index (κ2) is 13.9. The van der Waals surface area contributed by atoms with Crippen LogP contribution in [0.4, 0.5) is 4.39 Å². The van der Waals surface area contributed by atoms with E-state index in [9.17, 15) is 9.59 Å². The van der Waals surface area contributed by atoms with Crippen molar-refractivity contribution in [2.24, 2.45) is 5.41 Å². The van der Waals surface area contributed by atoms with Crippen molar-refractivity contribution in [1.82, 2.24) is 29.6 Å². The molecule has 0 N–H and O–H groups in total. The van der Waals surface area contributed by atoms with Crippen LogP contribution < -0.4 is 9.47 Å². The zero-order valence-electron chi connectivity index (χ0n) is 31.8. The summed E-state index contributed by atoms with van der Waals surface area (Å²) < 4.78 is 28.6. The SMILES string of the molecule is COc1nc(-c2cccc(-c3cccc(-c4cc5c(c(OC)n4)[C@@H](N4CC6(CN(C(C)=O)C6)C4)CC5)c3Cl)c2F)cc2c1[C@H](N1CCN(C(C)=O)CC1)CC2. The fourth-order valence-electron chi connectivity index (χ4n) is 9.93. The van der Waals surface area contributed by atoms with Crippen LogP contribution in [-0.2, 0) is 22.4 Å². The lowest BCUT2D eigenvalue weighted by molar-refractivity contribution is -0.161. The van der Waals surface area contributed by atoms with Crippen molar-refractivity contribution in [2.45, 2.75) is 51.6 Å². The number of rotatable bonds is 7. The van der Waals surface area contributed by atoms with E-state index in [1.54, 1.807) is 40.2 Å². The fourth-order valence-corrected chi connectivity index (χ4v) is 10.3. The fraction of sp³-hybridized carbons (Fsp3) is 0.442. The van der Waals surface area contributed by atoms with Crippen molar-refractivity contribution in [2.75, 3.05) is 66.6 Å². The van der Waals surface area contributed by atoms with E-state index >= 15 is 4.39 Å². The van der Waals surface area contributed by atoms with E-state index < -0.39 is 5.82 Å². The molecule has 286 valence electrons. The van der Waals surface area contributed by atoms with Crippen LogP contribution in [0.3, 0.4) is 0 Å². The van der Waals surface area contributed by atoms with Gasteiger partial charge in [0.2, 0.25) is 23.6 Å². The number of halogens is 2. The average Bonchev–Trinajstić information content (AvgIpc) is 3.78. The van der Waals surface area contributed by atoms with Gasteiger partial charge in [0.25, 0.3) is 0 Å². The zero-order chi connectivity index (χ0) is 38.2. The van der Waals surface area contributed by atoms with Crippen molar-refractivity contribution in [1.29, 1.82) is 0 Å². The Morgan fingerprint density at radius 1 is 0.709 bits per heavy atom. The van der Waals surface area contributed by atoms with Crippen LogP contribution in [0.5, 0.6) is 11.8 Å². The summed E-state index contributed by atoms with van der Waals surface area (Å²) in [6.07, 6.45) is 3.64. The first kappa shape index (κ1) is 36.1. The van der Waals surface area contributed by atoms with Gasteiger partial charge in [-0.25, -0.2) is 14.4 Å². The number of piperazine rings is 1. The summed E-state index contributed by atoms with van der Waals surface area (Å²) in [6, 6.07) is 15.5. The second-order valence-electron chi connectivity index (χ2n) is 15.9. The first-order chi connectivity index (χ1) is 26.6. The van der Waals surface area contributed by atoms with Crippen molar-refractivity contribution >= 4 is 23.4 Å². The molecule has 0 saturated carbocycles. The lowest BCUT2D eigenvalue weighted by atomic mass is 9.72. The molecule has 12 heteroatoms. The summed E-state index contributed by atoms with van der Waals surface area (Å²) in [5, 5.41) is 0.416. The molecule has 3 saturated heterocycles. The second-order valence-corrected chi connectivity index (χ2v) is 16.3. The Morgan fingerprint density at radius 2 is 1.22 bits per heavy atom. The molecule has 5 aliphatic rings. The maximum absolute atomic E-state index is 16.8. The minimum Gasteiger partial charge on any atom is -0.481 e. The summed E-state index contributed by atoms with van der Waals surface area (Å²) in [7, 11) is 3.28. The number of benzene rings is 2. The number of nitrogens with zero attached hydrogens (tertiary/aromatic N) is 6. The monoisotopic (exact) mass is 764 g/mol. The molecular weight excluding hydrogens is 719 g/mol. The zero-order valence-corrected chi connectivity index (χ0v) is 32.6. The molecule has 4 aromatic rings. The van der Waals surface area contributed by atoms with Crippen LogP contribution in [0.1, 0.15) is 61.0 Å². The van der Waals surface area contributed by atoms with Crippen LogP contribution in [0.15, 0.2) is 48.5 Å². The molecule has 5 heterocycles. The minimum absolute atomic E-state index is 0.108. The van der Waals surface area contributed by atoms with Crippen LogP contribution in [0.25, 0.3) is 33.6 Å². The molecule has 2 atom stereocenters. The number of aryl methyl sites for hydroxylation is 2. The average molecular weight is 765 g/mol. The maximum Gasteiger partial charge on any atom is 0.219 e. The first-order valence-corrected chi connectivity index (χ1v) is 19.7. The molecule has 3 aliphatic heterocycles. The van der Waals surface area contributed by atoms with Gasteiger partial charge in [0.15, 0.2) is 0 Å². The van der Waals surface area contributed by atoms with Crippen LogP contribution in [0.2, 0.25) is 5.02 Å². The number of fused-ring (bicyclic) bond motifs is 2. The van der Waals surface area contributed by atoms with Gasteiger partial charge in [-0.2, -0.15) is 0 Å². The van der Waals surface area contributed by atoms with Gasteiger partial charge in [0.05, 0.1) is 30.6 Å². The summed E-state index contributed by atoms with van der Waals surface area (Å²) in [6.45, 7) is 9.88. The number of pyridine rings is 2. The number of carbonyl (C=O) groups is 2.